The van der Waals surface area contributed by atoms with Crippen LogP contribution < -0.4 is 10.1 Å². The molecule has 0 bridgehead atoms. The van der Waals surface area contributed by atoms with E-state index < -0.39 is 15.9 Å². The molecule has 0 saturated carbocycles. The quantitative estimate of drug-likeness (QED) is 0.295. The number of methoxy groups -OCH3 is 3. The average molecular weight is 518 g/mol. The van der Waals surface area contributed by atoms with E-state index in [4.69, 9.17) is 23.4 Å². The summed E-state index contributed by atoms with van der Waals surface area (Å²) >= 11 is 0. The molecule has 0 saturated heterocycles. The first-order chi connectivity index (χ1) is 17.1. The summed E-state index contributed by atoms with van der Waals surface area (Å²) < 4.78 is 27.6. The Bertz CT molecular complexity index is 1160. The molecule has 0 spiro atoms. The number of aryl methyl sites for hydroxylation is 2. The van der Waals surface area contributed by atoms with Crippen LogP contribution in [-0.2, 0) is 20.6 Å². The molecule has 1 amide bonds. The number of fused-ring (bicyclic) bond motifs is 1. The molecule has 198 valence electrons. The van der Waals surface area contributed by atoms with Gasteiger partial charge in [-0.25, -0.2) is 10.0 Å². The fourth-order valence-electron chi connectivity index (χ4n) is 3.67. The Labute approximate surface area is 216 Å². The Kier molecular flexibility index (Phi) is 10.2. The lowest BCUT2D eigenvalue weighted by Gasteiger charge is -2.26. The average Bonchev–Trinajstić information content (AvgIpc) is 3.46. The SMILES string of the molecule is C=C(/C=C(OC)\C(NC(=O)c1ccc(Oc2cc3c(cc2C)CCS3(C)C)o1)=C(/C)OC)OC.CC. The topological polar surface area (TPSA) is 79.2 Å². The molecule has 7 nitrogen and oxygen atoms in total. The monoisotopic (exact) mass is 517 g/mol. The van der Waals surface area contributed by atoms with Gasteiger partial charge in [0.1, 0.15) is 28.7 Å². The second kappa shape index (κ2) is 12.6. The number of allylic oxidation sites excluding steroid dienone is 2. The normalized spacial score (nSPS) is 15.4. The standard InChI is InChI=1S/C26H33NO6S.C2H6/c1-16-13-19-11-12-34(7,8)23(19)15-21(16)33-24-10-9-20(32-24)26(28)27-25(18(3)30-5)22(31-6)14-17(2)29-4;1-2/h9-10,13-15H,2,11-12H2,1,3-8H3,(H,27,28);1-2H3/b22-14+,25-18-;. The molecule has 1 aromatic carbocycles. The van der Waals surface area contributed by atoms with Crippen LogP contribution in [0.15, 0.2) is 69.2 Å². The van der Waals surface area contributed by atoms with Gasteiger partial charge in [-0.15, -0.1) is 0 Å². The number of amides is 1. The van der Waals surface area contributed by atoms with Gasteiger partial charge >= 0.3 is 0 Å². The van der Waals surface area contributed by atoms with E-state index in [1.54, 1.807) is 25.1 Å². The van der Waals surface area contributed by atoms with Crippen molar-refractivity contribution < 1.29 is 28.2 Å². The van der Waals surface area contributed by atoms with E-state index in [1.807, 2.05) is 20.8 Å². The van der Waals surface area contributed by atoms with E-state index in [0.29, 0.717) is 23.0 Å². The van der Waals surface area contributed by atoms with Gasteiger partial charge < -0.3 is 28.7 Å². The van der Waals surface area contributed by atoms with Crippen molar-refractivity contribution in [1.82, 2.24) is 5.32 Å². The fourth-order valence-corrected chi connectivity index (χ4v) is 5.91. The van der Waals surface area contributed by atoms with Crippen molar-refractivity contribution in [2.75, 3.05) is 39.6 Å². The maximum Gasteiger partial charge on any atom is 0.291 e. The Morgan fingerprint density at radius 2 is 1.81 bits per heavy atom. The van der Waals surface area contributed by atoms with Crippen LogP contribution in [0.4, 0.5) is 0 Å². The number of benzene rings is 1. The predicted molar refractivity (Wildman–Crippen MR) is 146 cm³/mol. The Hall–Kier alpha value is -3.26. The molecular weight excluding hydrogens is 478 g/mol. The molecule has 0 atom stereocenters. The van der Waals surface area contributed by atoms with Crippen LogP contribution in [0.3, 0.4) is 0 Å². The zero-order chi connectivity index (χ0) is 27.0. The molecule has 1 aliphatic rings. The van der Waals surface area contributed by atoms with Gasteiger partial charge in [-0.3, -0.25) is 4.79 Å². The van der Waals surface area contributed by atoms with Crippen LogP contribution in [0.5, 0.6) is 11.7 Å². The Balaban J connectivity index is 0.00000222. The van der Waals surface area contributed by atoms with Crippen LogP contribution in [0.25, 0.3) is 0 Å². The van der Waals surface area contributed by atoms with Gasteiger partial charge in [0.2, 0.25) is 0 Å². The van der Waals surface area contributed by atoms with Crippen LogP contribution in [-0.4, -0.2) is 45.5 Å². The van der Waals surface area contributed by atoms with Gasteiger partial charge in [0.15, 0.2) is 5.76 Å². The summed E-state index contributed by atoms with van der Waals surface area (Å²) in [5, 5.41) is 2.78. The number of hydrogen-bond donors (Lipinski definition) is 1. The van der Waals surface area contributed by atoms with Crippen LogP contribution >= 0.6 is 10.0 Å². The number of hydrogen-bond acceptors (Lipinski definition) is 6. The number of nitrogens with one attached hydrogen (secondary N) is 1. The van der Waals surface area contributed by atoms with E-state index >= 15 is 0 Å². The highest BCUT2D eigenvalue weighted by molar-refractivity contribution is 8.32. The lowest BCUT2D eigenvalue weighted by Crippen LogP contribution is -2.25. The molecule has 1 N–H and O–H groups in total. The second-order valence-electron chi connectivity index (χ2n) is 8.41. The molecule has 1 aromatic heterocycles. The van der Waals surface area contributed by atoms with Crippen molar-refractivity contribution in [3.05, 3.63) is 76.8 Å². The third-order valence-electron chi connectivity index (χ3n) is 5.77. The van der Waals surface area contributed by atoms with Crippen molar-refractivity contribution in [3.63, 3.8) is 0 Å². The van der Waals surface area contributed by atoms with Gasteiger partial charge in [0.25, 0.3) is 11.9 Å². The van der Waals surface area contributed by atoms with E-state index in [-0.39, 0.29) is 11.7 Å². The smallest absolute Gasteiger partial charge is 0.291 e. The van der Waals surface area contributed by atoms with Crippen LogP contribution in [0.2, 0.25) is 0 Å². The molecule has 8 heteroatoms. The molecule has 0 unspecified atom stereocenters. The summed E-state index contributed by atoms with van der Waals surface area (Å²) in [6.07, 6.45) is 7.31. The molecule has 0 fully saturated rings. The summed E-state index contributed by atoms with van der Waals surface area (Å²) in [7, 11) is 3.66. The molecular formula is C28H39NO6S. The third kappa shape index (κ3) is 6.69. The molecule has 1 aliphatic heterocycles. The minimum absolute atomic E-state index is 0.0854. The highest BCUT2D eigenvalue weighted by Gasteiger charge is 2.27. The minimum Gasteiger partial charge on any atom is -0.499 e. The highest BCUT2D eigenvalue weighted by atomic mass is 32.3. The fraction of sp³-hybridized carbons (Fsp3) is 0.393. The second-order valence-corrected chi connectivity index (χ2v) is 12.3. The lowest BCUT2D eigenvalue weighted by atomic mass is 10.1. The third-order valence-corrected chi connectivity index (χ3v) is 8.56. The Morgan fingerprint density at radius 3 is 2.42 bits per heavy atom. The van der Waals surface area contributed by atoms with Crippen molar-refractivity contribution in [2.24, 2.45) is 0 Å². The predicted octanol–water partition coefficient (Wildman–Crippen LogP) is 6.68. The van der Waals surface area contributed by atoms with Gasteiger partial charge in [-0.2, -0.15) is 0 Å². The minimum atomic E-state index is -0.815. The molecule has 0 aliphatic carbocycles. The number of furan rings is 1. The molecule has 2 aromatic rings. The van der Waals surface area contributed by atoms with Crippen molar-refractivity contribution >= 4 is 15.9 Å². The molecule has 36 heavy (non-hydrogen) atoms. The first-order valence-corrected chi connectivity index (χ1v) is 14.4. The van der Waals surface area contributed by atoms with E-state index in [2.05, 4.69) is 36.5 Å². The lowest BCUT2D eigenvalue weighted by molar-refractivity contribution is 0.0926. The summed E-state index contributed by atoms with van der Waals surface area (Å²) in [4.78, 5) is 14.3. The van der Waals surface area contributed by atoms with Gasteiger partial charge in [-0.05, 0) is 66.7 Å². The zero-order valence-electron chi connectivity index (χ0n) is 22.9. The largest absolute Gasteiger partial charge is 0.499 e. The number of rotatable bonds is 9. The highest BCUT2D eigenvalue weighted by Crippen LogP contribution is 2.57. The molecule has 2 heterocycles. The van der Waals surface area contributed by atoms with Crippen molar-refractivity contribution in [2.45, 2.75) is 39.0 Å². The molecule has 0 radical (unpaired) electrons. The van der Waals surface area contributed by atoms with Gasteiger partial charge in [0, 0.05) is 12.1 Å². The number of carbonyl (C=O) groups excluding carboxylic acids is 1. The van der Waals surface area contributed by atoms with Crippen molar-refractivity contribution in [1.29, 1.82) is 0 Å². The summed E-state index contributed by atoms with van der Waals surface area (Å²) in [6.45, 7) is 11.5. The summed E-state index contributed by atoms with van der Waals surface area (Å²) in [5.74, 6) is 2.89. The van der Waals surface area contributed by atoms with Crippen molar-refractivity contribution in [3.8, 4) is 11.7 Å². The maximum absolute atomic E-state index is 12.9. The Morgan fingerprint density at radius 1 is 1.11 bits per heavy atom. The molecule has 3 rings (SSSR count). The first-order valence-electron chi connectivity index (χ1n) is 11.8. The van der Waals surface area contributed by atoms with Crippen LogP contribution in [0.1, 0.15) is 42.5 Å². The summed E-state index contributed by atoms with van der Waals surface area (Å²) in [5.41, 5.74) is 2.76. The van der Waals surface area contributed by atoms with E-state index in [1.165, 1.54) is 37.5 Å². The first kappa shape index (κ1) is 29.0. The van der Waals surface area contributed by atoms with E-state index in [0.717, 1.165) is 17.7 Å². The number of ether oxygens (including phenoxy) is 4. The van der Waals surface area contributed by atoms with E-state index in [9.17, 15) is 4.79 Å². The maximum atomic E-state index is 12.9. The van der Waals surface area contributed by atoms with Gasteiger partial charge in [0.05, 0.1) is 21.3 Å². The number of carbonyl (C=O) groups is 1. The summed E-state index contributed by atoms with van der Waals surface area (Å²) in [6, 6.07) is 7.51. The van der Waals surface area contributed by atoms with Crippen LogP contribution in [0, 0.1) is 6.92 Å². The zero-order valence-corrected chi connectivity index (χ0v) is 23.7. The van der Waals surface area contributed by atoms with Gasteiger partial charge in [-0.1, -0.05) is 26.5 Å².